The summed E-state index contributed by atoms with van der Waals surface area (Å²) in [6.45, 7) is 17.5. The Labute approximate surface area is 920 Å². The zero-order chi connectivity index (χ0) is 94.7. The molecule has 18 heteroatoms. The normalized spacial score (nSPS) is 14.8. The maximum atomic E-state index is 5.92. The lowest BCUT2D eigenvalue weighted by Gasteiger charge is -2.31. The van der Waals surface area contributed by atoms with Gasteiger partial charge in [0.2, 0.25) is 28.2 Å². The first kappa shape index (κ1) is 115. The third kappa shape index (κ3) is 28.7. The van der Waals surface area contributed by atoms with E-state index in [9.17, 15) is 0 Å². The second kappa shape index (κ2) is 55.7. The molecule has 5 aliphatic rings. The minimum absolute atomic E-state index is 0. The number of hydrogen-bond acceptors (Lipinski definition) is 8. The first-order chi connectivity index (χ1) is 65.0. The molecular weight excluding hydrogens is 2290 g/mol. The number of rotatable bonds is 26. The minimum Gasteiger partial charge on any atom is -1.00 e. The Bertz CT molecular complexity index is 6380. The number of benzene rings is 10. The van der Waals surface area contributed by atoms with E-state index in [4.69, 9.17) is 9.15 Å². The van der Waals surface area contributed by atoms with E-state index in [1.54, 1.807) is 12.7 Å². The molecule has 3 aliphatic heterocycles. The van der Waals surface area contributed by atoms with E-state index in [1.165, 1.54) is 181 Å². The van der Waals surface area contributed by atoms with E-state index in [1.807, 2.05) is 61.9 Å². The van der Waals surface area contributed by atoms with Gasteiger partial charge in [0.25, 0.3) is 10.5 Å². The van der Waals surface area contributed by atoms with Crippen molar-refractivity contribution in [3.05, 3.63) is 371 Å². The topological polar surface area (TPSA) is 55.4 Å². The number of halogens is 5. The monoisotopic (exact) mass is 2430 g/mol. The fourth-order valence-corrected chi connectivity index (χ4v) is 20.4. The second-order valence-electron chi connectivity index (χ2n) is 36.8. The molecule has 2 spiro atoms. The quantitative estimate of drug-likeness (QED) is 0.0304. The average Bonchev–Trinajstić information content (AvgIpc) is 1.58. The summed E-state index contributed by atoms with van der Waals surface area (Å²) < 4.78 is 24.8. The lowest BCUT2D eigenvalue weighted by atomic mass is 9.67. The van der Waals surface area contributed by atoms with E-state index >= 15 is 0 Å². The van der Waals surface area contributed by atoms with Gasteiger partial charge in [0.15, 0.2) is 17.1 Å². The van der Waals surface area contributed by atoms with Crippen LogP contribution in [0.5, 0.6) is 5.75 Å². The van der Waals surface area contributed by atoms with Gasteiger partial charge in [-0.1, -0.05) is 269 Å². The van der Waals surface area contributed by atoms with Gasteiger partial charge in [0.05, 0.1) is 29.4 Å². The largest absolute Gasteiger partial charge is 1.00 e. The number of aromatic nitrogens is 2. The van der Waals surface area contributed by atoms with Crippen LogP contribution in [0, 0.1) is 0 Å². The van der Waals surface area contributed by atoms with Gasteiger partial charge in [-0.25, -0.2) is 0 Å². The summed E-state index contributed by atoms with van der Waals surface area (Å²) in [5.41, 5.74) is 28.7. The molecule has 0 atom stereocenters. The molecule has 12 aromatic rings. The summed E-state index contributed by atoms with van der Waals surface area (Å²) in [6.07, 6.45) is 57.4. The highest BCUT2D eigenvalue weighted by Gasteiger charge is 2.53. The molecule has 10 aromatic carbocycles. The van der Waals surface area contributed by atoms with E-state index < -0.39 is 0 Å². The van der Waals surface area contributed by atoms with Gasteiger partial charge in [-0.15, -0.1) is 0 Å². The van der Waals surface area contributed by atoms with Crippen molar-refractivity contribution in [3.63, 3.8) is 0 Å². The van der Waals surface area contributed by atoms with Crippen LogP contribution in [-0.2, 0) is 29.8 Å². The lowest BCUT2D eigenvalue weighted by Crippen LogP contribution is -3.00. The van der Waals surface area contributed by atoms with E-state index in [0.717, 1.165) is 55.3 Å². The van der Waals surface area contributed by atoms with Crippen LogP contribution in [0.4, 0.5) is 45.5 Å². The number of aryl methyl sites for hydroxylation is 2. The molecule has 5 heterocycles. The molecule has 0 N–H and O–H groups in total. The van der Waals surface area contributed by atoms with Crippen LogP contribution >= 0.6 is 11.3 Å². The summed E-state index contributed by atoms with van der Waals surface area (Å²) >= 11 is 1.81. The smallest absolute Gasteiger partial charge is 0.374 e. The minimum atomic E-state index is 0. The summed E-state index contributed by atoms with van der Waals surface area (Å²) in [4.78, 5) is 10.6. The van der Waals surface area contributed by atoms with Gasteiger partial charge >= 0.3 is 5.89 Å². The number of hydrogen-bond donors (Lipinski definition) is 0. The van der Waals surface area contributed by atoms with Crippen molar-refractivity contribution in [1.29, 1.82) is 0 Å². The van der Waals surface area contributed by atoms with Crippen molar-refractivity contribution >= 4 is 138 Å². The number of para-hydroxylation sites is 5. The van der Waals surface area contributed by atoms with Crippen LogP contribution in [0.15, 0.2) is 320 Å². The Hall–Kier alpha value is -9.58. The molecule has 2 aliphatic carbocycles. The fraction of sp³-hybridized carbons (Fsp3) is 0.298. The van der Waals surface area contributed by atoms with E-state index in [-0.39, 0.29) is 136 Å². The summed E-state index contributed by atoms with van der Waals surface area (Å²) in [6, 6.07) is 84.1. The van der Waals surface area contributed by atoms with Gasteiger partial charge in [-0.05, 0) is 173 Å². The highest BCUT2D eigenvalue weighted by molar-refractivity contribution is 7.18. The average molecular weight is 2440 g/mol. The molecule has 0 saturated heterocycles. The van der Waals surface area contributed by atoms with Crippen molar-refractivity contribution in [2.45, 2.75) is 135 Å². The van der Waals surface area contributed by atoms with Crippen LogP contribution in [0.1, 0.15) is 168 Å². The maximum absolute atomic E-state index is 5.92. The number of methoxy groups -OCH3 is 1. The molecule has 2 aromatic heterocycles. The number of anilines is 5. The summed E-state index contributed by atoms with van der Waals surface area (Å²) in [7, 11) is 24.5. The standard InChI is InChI=1S/C28H35N2O.C27H33N2.C25H31N2.C21H23N2O.C20H21N2S.5HI/c1-5-30-26-18-17-24(31-4)21-25(26)28(19-9-6-10-20-28)27(30)12-8-7-11-22-13-15-23(16-14-22)29(2)3;1-4-29-25-14-8-7-13-24(25)27(20-10-5-11-21-27)26(29)15-9-6-12-22-16-18-23(19-17-22)28(2)3;1-6-19-27-23-13-9-8-12-22(23)25(2,3)24(27)14-10-7-11-20-15-17-21(18-16-20)26(4)5;1-4-23-19-10-6-7-11-20(19)24-21(23)12-8-5-9-17-13-15-18(16-14-17)22(2)3;1-21(2)17-14-12-16(13-15-17)8-4-7-11-20-22(3)18-9-5-6-10-19(18)23-20;;;;;/h7-8,11-18,21H,5-6,9-10,19-20H2,1-4H3;6-9,12-19H,4-5,10-11,20-21H2,1-3H3;7-18H,6,19H2,1-5H3;5-16H,4H2,1-3H3;4-15H,1-3H3;5*1H/q5*+1;;;;;/p-5. The van der Waals surface area contributed by atoms with Crippen LogP contribution in [0.2, 0.25) is 0 Å². The molecule has 139 heavy (non-hydrogen) atoms. The predicted octanol–water partition coefficient (Wildman–Crippen LogP) is 12.6. The number of thiazole rings is 1. The Balaban J connectivity index is 0.000000212. The fourth-order valence-electron chi connectivity index (χ4n) is 19.3. The number of allylic oxidation sites excluding steroid dienone is 13. The number of ether oxygens (including phenoxy) is 1. The van der Waals surface area contributed by atoms with Crippen molar-refractivity contribution in [2.24, 2.45) is 7.05 Å². The van der Waals surface area contributed by atoms with Crippen molar-refractivity contribution < 1.29 is 152 Å². The second-order valence-corrected chi connectivity index (χ2v) is 37.8. The maximum Gasteiger partial charge on any atom is 0.374 e. The molecule has 12 nitrogen and oxygen atoms in total. The molecular formula is C121H143I5N10O2S. The first-order valence-electron chi connectivity index (χ1n) is 48.3. The van der Waals surface area contributed by atoms with Crippen molar-refractivity contribution in [2.75, 3.05) is 122 Å². The molecule has 2 fully saturated rings. The van der Waals surface area contributed by atoms with E-state index in [2.05, 4.69) is 474 Å². The number of nitrogens with zero attached hydrogens (tertiary/aromatic N) is 10. The molecule has 17 rings (SSSR count). The van der Waals surface area contributed by atoms with Gasteiger partial charge in [0.1, 0.15) is 43.7 Å². The number of oxazole rings is 1. The Morgan fingerprint density at radius 1 is 0.345 bits per heavy atom. The Kier molecular flexibility index (Phi) is 46.0. The first-order valence-corrected chi connectivity index (χ1v) is 49.1. The molecule has 2 saturated carbocycles. The number of fused-ring (bicyclic) bond motifs is 7. The van der Waals surface area contributed by atoms with Gasteiger partial charge < -0.3 is 154 Å². The Morgan fingerprint density at radius 2 is 0.691 bits per heavy atom. The summed E-state index contributed by atoms with van der Waals surface area (Å²) in [5, 5.41) is 1.25. The Morgan fingerprint density at radius 3 is 1.09 bits per heavy atom. The summed E-state index contributed by atoms with van der Waals surface area (Å²) in [5.74, 6) is 1.83. The van der Waals surface area contributed by atoms with Gasteiger partial charge in [0, 0.05) is 177 Å². The third-order valence-electron chi connectivity index (χ3n) is 26.6. The molecule has 730 valence electrons. The SMILES string of the molecule is CCC[N+]1=C(/C=C/C=C/c2ccc(N(C)C)cc2)C(C)(C)c2ccccc21.CC[N+]1=C(/C=C/C=C/c2ccc(N(C)C)cc2)C2(CCCCC2)c2cc(OC)ccc21.CC[N+]1=C(/C=C/C=C/c2ccc(N(C)C)cc2)C2(CCCCC2)c2ccccc21.CC[n+]1c(/C=C/C=C/c2ccc(N(C)C)cc2)oc2ccccc21.CN(C)c1ccc(/C=C/C=C/c2sc3ccccc3[n+]2C)cc1.[I-].[I-].[I-].[I-].[I-]. The van der Waals surface area contributed by atoms with Crippen molar-refractivity contribution in [1.82, 2.24) is 0 Å². The van der Waals surface area contributed by atoms with E-state index in [0.29, 0.717) is 0 Å². The molecule has 0 amide bonds. The van der Waals surface area contributed by atoms with Crippen LogP contribution in [-0.4, -0.2) is 128 Å². The highest BCUT2D eigenvalue weighted by Crippen LogP contribution is 2.52. The van der Waals surface area contributed by atoms with Gasteiger partial charge in [-0.3, -0.25) is 0 Å². The zero-order valence-corrected chi connectivity index (χ0v) is 96.4. The van der Waals surface area contributed by atoms with Crippen molar-refractivity contribution in [3.8, 4) is 5.75 Å². The van der Waals surface area contributed by atoms with Gasteiger partial charge in [-0.2, -0.15) is 22.9 Å². The highest BCUT2D eigenvalue weighted by atomic mass is 127. The van der Waals surface area contributed by atoms with Crippen LogP contribution < -0.4 is 158 Å². The molecule has 0 radical (unpaired) electrons. The molecule has 0 unspecified atom stereocenters. The molecule has 0 bridgehead atoms. The zero-order valence-electron chi connectivity index (χ0n) is 84.8. The van der Waals surface area contributed by atoms with Crippen LogP contribution in [0.25, 0.3) is 63.8 Å². The third-order valence-corrected chi connectivity index (χ3v) is 27.8. The predicted molar refractivity (Wildman–Crippen MR) is 579 cm³/mol. The lowest BCUT2D eigenvalue weighted by molar-refractivity contribution is -0.674. The van der Waals surface area contributed by atoms with Crippen LogP contribution in [0.3, 0.4) is 0 Å².